The SMILES string of the molecule is O=C(Nc1nnc(-c2ccc(F)cc2)o1)N1CCc2ccccc2CC1. The number of halogens is 1. The Morgan fingerprint density at radius 1 is 1.00 bits per heavy atom. The van der Waals surface area contributed by atoms with Crippen molar-refractivity contribution in [2.24, 2.45) is 0 Å². The molecule has 2 amide bonds. The number of benzene rings is 2. The Labute approximate surface area is 149 Å². The Kier molecular flexibility index (Phi) is 4.35. The first-order chi connectivity index (χ1) is 12.7. The van der Waals surface area contributed by atoms with Crippen molar-refractivity contribution in [1.82, 2.24) is 15.1 Å². The van der Waals surface area contributed by atoms with Crippen molar-refractivity contribution in [3.63, 3.8) is 0 Å². The van der Waals surface area contributed by atoms with E-state index in [4.69, 9.17) is 4.42 Å². The lowest BCUT2D eigenvalue weighted by atomic mass is 10.0. The van der Waals surface area contributed by atoms with Gasteiger partial charge in [-0.3, -0.25) is 5.32 Å². The standard InChI is InChI=1S/C19H17FN4O2/c20-16-7-5-15(6-8-16)17-22-23-18(26-17)21-19(25)24-11-9-13-3-1-2-4-14(13)10-12-24/h1-8H,9-12H2,(H,21,23,25). The molecule has 0 bridgehead atoms. The topological polar surface area (TPSA) is 71.3 Å². The van der Waals surface area contributed by atoms with Crippen LogP contribution in [-0.2, 0) is 12.8 Å². The summed E-state index contributed by atoms with van der Waals surface area (Å²) in [6.45, 7) is 1.25. The van der Waals surface area contributed by atoms with E-state index < -0.39 is 0 Å². The number of nitrogens with zero attached hydrogens (tertiary/aromatic N) is 3. The van der Waals surface area contributed by atoms with Crippen LogP contribution in [0.15, 0.2) is 52.9 Å². The number of rotatable bonds is 2. The number of amides is 2. The molecule has 0 fully saturated rings. The van der Waals surface area contributed by atoms with E-state index in [-0.39, 0.29) is 23.8 Å². The maximum atomic E-state index is 13.0. The average molecular weight is 352 g/mol. The third-order valence-corrected chi connectivity index (χ3v) is 4.44. The number of anilines is 1. The van der Waals surface area contributed by atoms with Crippen molar-refractivity contribution in [2.45, 2.75) is 12.8 Å². The number of hydrogen-bond donors (Lipinski definition) is 1. The summed E-state index contributed by atoms with van der Waals surface area (Å²) in [6, 6.07) is 13.7. The molecule has 1 aromatic heterocycles. The smallest absolute Gasteiger partial charge is 0.325 e. The summed E-state index contributed by atoms with van der Waals surface area (Å²) in [4.78, 5) is 14.2. The van der Waals surface area contributed by atoms with Crippen molar-refractivity contribution in [3.8, 4) is 11.5 Å². The van der Waals surface area contributed by atoms with Gasteiger partial charge in [0.2, 0.25) is 5.89 Å². The first-order valence-electron chi connectivity index (χ1n) is 8.41. The van der Waals surface area contributed by atoms with Crippen molar-refractivity contribution >= 4 is 12.0 Å². The van der Waals surface area contributed by atoms with Gasteiger partial charge in [0, 0.05) is 18.7 Å². The molecule has 1 N–H and O–H groups in total. The third kappa shape index (κ3) is 3.42. The van der Waals surface area contributed by atoms with Gasteiger partial charge in [0.05, 0.1) is 0 Å². The summed E-state index contributed by atoms with van der Waals surface area (Å²) in [5.74, 6) is -0.118. The molecule has 3 aromatic rings. The minimum Gasteiger partial charge on any atom is -0.403 e. The highest BCUT2D eigenvalue weighted by molar-refractivity contribution is 5.87. The maximum Gasteiger partial charge on any atom is 0.325 e. The Balaban J connectivity index is 1.42. The van der Waals surface area contributed by atoms with E-state index in [2.05, 4.69) is 27.6 Å². The Bertz CT molecular complexity index is 896. The van der Waals surface area contributed by atoms with E-state index in [0.717, 1.165) is 12.8 Å². The van der Waals surface area contributed by atoms with Gasteiger partial charge in [-0.1, -0.05) is 29.4 Å². The number of aromatic nitrogens is 2. The van der Waals surface area contributed by atoms with Crippen molar-refractivity contribution in [2.75, 3.05) is 18.4 Å². The number of hydrogen-bond acceptors (Lipinski definition) is 4. The lowest BCUT2D eigenvalue weighted by Crippen LogP contribution is -2.36. The van der Waals surface area contributed by atoms with E-state index >= 15 is 0 Å². The molecule has 0 radical (unpaired) electrons. The van der Waals surface area contributed by atoms with Gasteiger partial charge in [-0.2, -0.15) is 0 Å². The van der Waals surface area contributed by atoms with Gasteiger partial charge in [0.25, 0.3) is 0 Å². The third-order valence-electron chi connectivity index (χ3n) is 4.44. The molecular weight excluding hydrogens is 335 g/mol. The lowest BCUT2D eigenvalue weighted by molar-refractivity contribution is 0.213. The molecule has 0 atom stereocenters. The van der Waals surface area contributed by atoms with E-state index in [9.17, 15) is 9.18 Å². The molecule has 1 aliphatic heterocycles. The molecule has 0 saturated carbocycles. The predicted octanol–water partition coefficient (Wildman–Crippen LogP) is 3.51. The molecule has 7 heteroatoms. The van der Waals surface area contributed by atoms with Crippen LogP contribution in [0.5, 0.6) is 0 Å². The molecule has 1 aliphatic rings. The molecular formula is C19H17FN4O2. The summed E-state index contributed by atoms with van der Waals surface area (Å²) in [6.07, 6.45) is 1.63. The number of carbonyl (C=O) groups is 1. The Morgan fingerprint density at radius 3 is 2.31 bits per heavy atom. The highest BCUT2D eigenvalue weighted by Gasteiger charge is 2.20. The summed E-state index contributed by atoms with van der Waals surface area (Å²) >= 11 is 0. The maximum absolute atomic E-state index is 13.0. The molecule has 0 saturated heterocycles. The van der Waals surface area contributed by atoms with E-state index in [1.54, 1.807) is 17.0 Å². The van der Waals surface area contributed by atoms with Gasteiger partial charge in [-0.15, -0.1) is 5.10 Å². The van der Waals surface area contributed by atoms with Crippen molar-refractivity contribution < 1.29 is 13.6 Å². The zero-order valence-electron chi connectivity index (χ0n) is 14.0. The Morgan fingerprint density at radius 2 is 1.65 bits per heavy atom. The molecule has 132 valence electrons. The van der Waals surface area contributed by atoms with Crippen molar-refractivity contribution in [1.29, 1.82) is 0 Å². The zero-order chi connectivity index (χ0) is 17.9. The van der Waals surface area contributed by atoms with E-state index in [1.807, 2.05) is 12.1 Å². The molecule has 2 heterocycles. The predicted molar refractivity (Wildman–Crippen MR) is 94.1 cm³/mol. The minimum atomic E-state index is -0.344. The molecule has 0 unspecified atom stereocenters. The quantitative estimate of drug-likeness (QED) is 0.766. The second-order valence-corrected chi connectivity index (χ2v) is 6.11. The molecule has 2 aromatic carbocycles. The highest BCUT2D eigenvalue weighted by Crippen LogP contribution is 2.21. The fourth-order valence-corrected chi connectivity index (χ4v) is 3.02. The first kappa shape index (κ1) is 16.3. The summed E-state index contributed by atoms with van der Waals surface area (Å²) < 4.78 is 18.4. The number of carbonyl (C=O) groups excluding carboxylic acids is 1. The van der Waals surface area contributed by atoms with Crippen molar-refractivity contribution in [3.05, 3.63) is 65.5 Å². The van der Waals surface area contributed by atoms with Crippen LogP contribution in [0.4, 0.5) is 15.2 Å². The monoisotopic (exact) mass is 352 g/mol. The van der Waals surface area contributed by atoms with E-state index in [1.165, 1.54) is 23.3 Å². The first-order valence-corrected chi connectivity index (χ1v) is 8.41. The molecule has 26 heavy (non-hydrogen) atoms. The molecule has 0 spiro atoms. The Hall–Kier alpha value is -3.22. The fourth-order valence-electron chi connectivity index (χ4n) is 3.02. The summed E-state index contributed by atoms with van der Waals surface area (Å²) in [7, 11) is 0. The van der Waals surface area contributed by atoms with Gasteiger partial charge in [0.1, 0.15) is 5.82 Å². The molecule has 4 rings (SSSR count). The van der Waals surface area contributed by atoms with Crippen LogP contribution in [0.3, 0.4) is 0 Å². The van der Waals surface area contributed by atoms with Crippen LogP contribution in [0.2, 0.25) is 0 Å². The lowest BCUT2D eigenvalue weighted by Gasteiger charge is -2.19. The van der Waals surface area contributed by atoms with Crippen LogP contribution >= 0.6 is 0 Å². The van der Waals surface area contributed by atoms with Gasteiger partial charge >= 0.3 is 12.0 Å². The summed E-state index contributed by atoms with van der Waals surface area (Å²) in [5.41, 5.74) is 3.14. The van der Waals surface area contributed by atoms with Gasteiger partial charge in [0.15, 0.2) is 0 Å². The van der Waals surface area contributed by atoms with E-state index in [0.29, 0.717) is 18.7 Å². The molecule has 0 aliphatic carbocycles. The van der Waals surface area contributed by atoms with Gasteiger partial charge in [-0.25, -0.2) is 9.18 Å². The minimum absolute atomic E-state index is 0.0242. The second-order valence-electron chi connectivity index (χ2n) is 6.11. The summed E-state index contributed by atoms with van der Waals surface area (Å²) in [5, 5.41) is 10.4. The largest absolute Gasteiger partial charge is 0.403 e. The number of urea groups is 1. The number of nitrogens with one attached hydrogen (secondary N) is 1. The van der Waals surface area contributed by atoms with Crippen LogP contribution in [0.1, 0.15) is 11.1 Å². The highest BCUT2D eigenvalue weighted by atomic mass is 19.1. The molecule has 6 nitrogen and oxygen atoms in total. The van der Waals surface area contributed by atoms with Crippen LogP contribution in [0, 0.1) is 5.82 Å². The van der Waals surface area contributed by atoms with Crippen LogP contribution in [0.25, 0.3) is 11.5 Å². The van der Waals surface area contributed by atoms with Crippen LogP contribution in [-0.4, -0.2) is 34.2 Å². The van der Waals surface area contributed by atoms with Gasteiger partial charge in [-0.05, 0) is 48.2 Å². The number of fused-ring (bicyclic) bond motifs is 1. The normalized spacial score (nSPS) is 13.8. The van der Waals surface area contributed by atoms with Gasteiger partial charge < -0.3 is 9.32 Å². The zero-order valence-corrected chi connectivity index (χ0v) is 14.0. The fraction of sp³-hybridized carbons (Fsp3) is 0.211. The average Bonchev–Trinajstić information content (AvgIpc) is 3.00. The second kappa shape index (κ2) is 6.95. The van der Waals surface area contributed by atoms with Crippen LogP contribution < -0.4 is 5.32 Å².